The van der Waals surface area contributed by atoms with Crippen LogP contribution in [0.2, 0.25) is 0 Å². The number of aliphatic hydroxyl groups excluding tert-OH is 2. The Morgan fingerprint density at radius 2 is 1.23 bits per heavy atom. The van der Waals surface area contributed by atoms with Gasteiger partial charge in [0.05, 0.1) is 67.5 Å². The summed E-state index contributed by atoms with van der Waals surface area (Å²) in [5.41, 5.74) is 8.05. The van der Waals surface area contributed by atoms with Gasteiger partial charge in [-0.3, -0.25) is 9.59 Å². The molecule has 0 bridgehead atoms. The standard InChI is InChI=1S/C18H25N5O5.C14H18N4O3.C4H9NO3/c1-3-23-16-12(9-20-23)15(21-11-4-6-28-7-5-11)13(8-19-16)17(25)22-14(10-24)18(26)27-2;1-2-18-13-10(8-16-18)12(11(7-15-13)14(19)20)17-9-3-5-21-6-4-9;1-8-4(7)3(5)2-6/h8-9,11,14,24H,3-7,10H2,1-2H3,(H,19,21)(H,22,25);7-9H,2-6H2,1H3,(H,15,17)(H,19,20);3,6H,2,5H2,1H3/t14-;;3-/m0.0/s1. The Labute approximate surface area is 328 Å². The summed E-state index contributed by atoms with van der Waals surface area (Å²) in [6, 6.07) is -1.68. The smallest absolute Gasteiger partial charge is 0.339 e. The molecule has 312 valence electrons. The summed E-state index contributed by atoms with van der Waals surface area (Å²) < 4.78 is 23.0. The molecular formula is C36H52N10O11. The second-order valence-electron chi connectivity index (χ2n) is 12.9. The number of anilines is 2. The highest BCUT2D eigenvalue weighted by Gasteiger charge is 2.26. The number of nitrogens with zero attached hydrogens (tertiary/aromatic N) is 6. The number of pyridine rings is 2. The largest absolute Gasteiger partial charge is 0.478 e. The number of carbonyl (C=O) groups excluding carboxylic acids is 3. The molecule has 6 rings (SSSR count). The maximum Gasteiger partial charge on any atom is 0.339 e. The lowest BCUT2D eigenvalue weighted by molar-refractivity contribution is -0.144. The zero-order valence-electron chi connectivity index (χ0n) is 32.5. The first kappa shape index (κ1) is 44.2. The van der Waals surface area contributed by atoms with E-state index in [0.717, 1.165) is 36.5 Å². The number of nitrogens with one attached hydrogen (secondary N) is 3. The summed E-state index contributed by atoms with van der Waals surface area (Å²) in [4.78, 5) is 54.9. The molecule has 2 atom stereocenters. The number of hydrogen-bond acceptors (Lipinski definition) is 17. The van der Waals surface area contributed by atoms with Crippen LogP contribution in [0.25, 0.3) is 22.1 Å². The number of rotatable bonds is 13. The Morgan fingerprint density at radius 3 is 1.61 bits per heavy atom. The van der Waals surface area contributed by atoms with E-state index in [-0.39, 0.29) is 29.8 Å². The zero-order chi connectivity index (χ0) is 41.5. The second-order valence-corrected chi connectivity index (χ2v) is 12.9. The van der Waals surface area contributed by atoms with Crippen LogP contribution in [0.15, 0.2) is 24.8 Å². The van der Waals surface area contributed by atoms with Crippen molar-refractivity contribution in [1.29, 1.82) is 0 Å². The number of methoxy groups -OCH3 is 2. The predicted molar refractivity (Wildman–Crippen MR) is 206 cm³/mol. The maximum absolute atomic E-state index is 12.9. The van der Waals surface area contributed by atoms with Crippen molar-refractivity contribution in [3.63, 3.8) is 0 Å². The van der Waals surface area contributed by atoms with Crippen LogP contribution in [-0.4, -0.2) is 147 Å². The van der Waals surface area contributed by atoms with Gasteiger partial charge < -0.3 is 56.0 Å². The van der Waals surface area contributed by atoms with E-state index >= 15 is 0 Å². The molecule has 8 N–H and O–H groups in total. The van der Waals surface area contributed by atoms with Crippen molar-refractivity contribution in [3.05, 3.63) is 35.9 Å². The molecule has 0 aromatic carbocycles. The van der Waals surface area contributed by atoms with Crippen molar-refractivity contribution < 1.29 is 53.4 Å². The number of aryl methyl sites for hydroxylation is 2. The van der Waals surface area contributed by atoms with Gasteiger partial charge in [0.1, 0.15) is 11.6 Å². The predicted octanol–water partition coefficient (Wildman–Crippen LogP) is 0.525. The molecule has 0 saturated carbocycles. The number of ether oxygens (including phenoxy) is 4. The number of nitrogens with two attached hydrogens (primary N) is 1. The minimum absolute atomic E-state index is 0.144. The summed E-state index contributed by atoms with van der Waals surface area (Å²) in [6.07, 6.45) is 9.57. The van der Waals surface area contributed by atoms with Crippen molar-refractivity contribution in [1.82, 2.24) is 34.8 Å². The van der Waals surface area contributed by atoms with Gasteiger partial charge in [0.25, 0.3) is 5.91 Å². The molecule has 57 heavy (non-hydrogen) atoms. The monoisotopic (exact) mass is 800 g/mol. The first-order valence-corrected chi connectivity index (χ1v) is 18.6. The molecule has 2 fully saturated rings. The van der Waals surface area contributed by atoms with E-state index in [4.69, 9.17) is 20.3 Å². The number of aliphatic hydroxyl groups is 2. The molecule has 4 aromatic rings. The zero-order valence-corrected chi connectivity index (χ0v) is 32.5. The number of carboxylic acids is 1. The number of carbonyl (C=O) groups is 4. The molecular weight excluding hydrogens is 748 g/mol. The minimum Gasteiger partial charge on any atom is -0.478 e. The van der Waals surface area contributed by atoms with Gasteiger partial charge in [-0.2, -0.15) is 10.2 Å². The normalized spacial score (nSPS) is 15.6. The lowest BCUT2D eigenvalue weighted by Gasteiger charge is -2.25. The lowest BCUT2D eigenvalue weighted by atomic mass is 10.1. The fourth-order valence-corrected chi connectivity index (χ4v) is 6.04. The molecule has 2 aliphatic rings. The van der Waals surface area contributed by atoms with E-state index in [1.165, 1.54) is 26.6 Å². The average molecular weight is 801 g/mol. The number of amides is 1. The van der Waals surface area contributed by atoms with Crippen LogP contribution < -0.4 is 21.7 Å². The van der Waals surface area contributed by atoms with E-state index in [0.29, 0.717) is 62.2 Å². The van der Waals surface area contributed by atoms with Crippen molar-refractivity contribution >= 4 is 57.3 Å². The van der Waals surface area contributed by atoms with Gasteiger partial charge >= 0.3 is 17.9 Å². The lowest BCUT2D eigenvalue weighted by Crippen LogP contribution is -2.44. The van der Waals surface area contributed by atoms with Crippen LogP contribution in [0.1, 0.15) is 60.2 Å². The van der Waals surface area contributed by atoms with Gasteiger partial charge in [0.2, 0.25) is 0 Å². The molecule has 2 aliphatic heterocycles. The number of fused-ring (bicyclic) bond motifs is 2. The molecule has 0 unspecified atom stereocenters. The minimum atomic E-state index is -1.15. The van der Waals surface area contributed by atoms with Gasteiger partial charge in [-0.05, 0) is 39.5 Å². The van der Waals surface area contributed by atoms with Gasteiger partial charge in [-0.1, -0.05) is 0 Å². The molecule has 0 radical (unpaired) electrons. The van der Waals surface area contributed by atoms with E-state index in [9.17, 15) is 29.4 Å². The molecule has 21 heteroatoms. The molecule has 6 heterocycles. The van der Waals surface area contributed by atoms with Crippen LogP contribution in [-0.2, 0) is 41.6 Å². The Morgan fingerprint density at radius 1 is 0.772 bits per heavy atom. The molecule has 21 nitrogen and oxygen atoms in total. The van der Waals surface area contributed by atoms with E-state index in [1.807, 2.05) is 13.8 Å². The second kappa shape index (κ2) is 21.7. The summed E-state index contributed by atoms with van der Waals surface area (Å²) in [5, 5.41) is 46.3. The van der Waals surface area contributed by atoms with Gasteiger partial charge in [0, 0.05) is 64.0 Å². The highest BCUT2D eigenvalue weighted by atomic mass is 16.5. The SMILES string of the molecule is CCn1ncc2c(NC3CCOCC3)c(C(=O)N[C@@H](CO)C(=O)OC)cnc21.CCn1ncc2c(NC3CCOCC3)c(C(=O)O)cnc21.COC(=O)[C@@H](N)CO. The van der Waals surface area contributed by atoms with Gasteiger partial charge in [-0.25, -0.2) is 28.9 Å². The highest BCUT2D eigenvalue weighted by molar-refractivity contribution is 6.07. The Kier molecular flexibility index (Phi) is 16.9. The van der Waals surface area contributed by atoms with Crippen LogP contribution in [0.3, 0.4) is 0 Å². The Hall–Kier alpha value is -5.48. The van der Waals surface area contributed by atoms with Gasteiger partial charge in [-0.15, -0.1) is 0 Å². The van der Waals surface area contributed by atoms with Crippen molar-refractivity contribution in [2.24, 2.45) is 5.73 Å². The fourth-order valence-electron chi connectivity index (χ4n) is 6.04. The van der Waals surface area contributed by atoms with Crippen LogP contribution in [0, 0.1) is 0 Å². The number of esters is 2. The molecule has 0 aliphatic carbocycles. The maximum atomic E-state index is 12.9. The molecule has 0 spiro atoms. The quantitative estimate of drug-likeness (QED) is 0.0908. The third kappa shape index (κ3) is 11.3. The van der Waals surface area contributed by atoms with E-state index in [1.54, 1.807) is 21.8 Å². The number of aromatic nitrogens is 6. The first-order valence-electron chi connectivity index (χ1n) is 18.6. The van der Waals surface area contributed by atoms with Gasteiger partial charge in [0.15, 0.2) is 17.3 Å². The third-order valence-electron chi connectivity index (χ3n) is 9.22. The molecule has 4 aromatic heterocycles. The summed E-state index contributed by atoms with van der Waals surface area (Å²) in [7, 11) is 2.42. The van der Waals surface area contributed by atoms with Crippen LogP contribution in [0.5, 0.6) is 0 Å². The molecule has 2 saturated heterocycles. The van der Waals surface area contributed by atoms with Crippen LogP contribution in [0.4, 0.5) is 11.4 Å². The average Bonchev–Trinajstić information content (AvgIpc) is 3.87. The number of carboxylic acid groups (broad SMARTS) is 1. The molecule has 1 amide bonds. The number of aromatic carboxylic acids is 1. The highest BCUT2D eigenvalue weighted by Crippen LogP contribution is 2.30. The Bertz CT molecular complexity index is 1960. The number of hydrogen-bond donors (Lipinski definition) is 7. The third-order valence-corrected chi connectivity index (χ3v) is 9.22. The van der Waals surface area contributed by atoms with Crippen molar-refractivity contribution in [3.8, 4) is 0 Å². The van der Waals surface area contributed by atoms with E-state index < -0.39 is 42.5 Å². The topological polar surface area (TPSA) is 289 Å². The summed E-state index contributed by atoms with van der Waals surface area (Å²) in [6.45, 7) is 7.04. The summed E-state index contributed by atoms with van der Waals surface area (Å²) >= 11 is 0. The van der Waals surface area contributed by atoms with E-state index in [2.05, 4.69) is 45.6 Å². The summed E-state index contributed by atoms with van der Waals surface area (Å²) in [5.74, 6) is -2.82. The van der Waals surface area contributed by atoms with Crippen LogP contribution >= 0.6 is 0 Å². The van der Waals surface area contributed by atoms with Crippen molar-refractivity contribution in [2.45, 2.75) is 76.8 Å². The van der Waals surface area contributed by atoms with Crippen molar-refractivity contribution in [2.75, 3.05) is 64.5 Å². The Balaban J connectivity index is 0.000000218. The first-order chi connectivity index (χ1) is 27.5. The fraction of sp³-hybridized carbons (Fsp3) is 0.556.